The van der Waals surface area contributed by atoms with Crippen LogP contribution in [0.25, 0.3) is 0 Å². The fourth-order valence-electron chi connectivity index (χ4n) is 2.18. The third kappa shape index (κ3) is 3.28. The Hall–Kier alpha value is -2.76. The number of nitrogen functional groups attached to an aromatic ring is 1. The first-order valence-corrected chi connectivity index (χ1v) is 6.85. The average Bonchev–Trinajstić information content (AvgIpc) is 2.48. The molecule has 0 spiro atoms. The molecule has 0 aliphatic carbocycles. The Morgan fingerprint density at radius 3 is 2.23 bits per heavy atom. The van der Waals surface area contributed by atoms with E-state index in [1.54, 1.807) is 12.1 Å². The number of nitroso groups, excluding NO2 is 1. The van der Waals surface area contributed by atoms with E-state index in [1.165, 1.54) is 6.07 Å². The van der Waals surface area contributed by atoms with Gasteiger partial charge in [0.25, 0.3) is 0 Å². The summed E-state index contributed by atoms with van der Waals surface area (Å²) in [7, 11) is 4.00. The van der Waals surface area contributed by atoms with Gasteiger partial charge in [-0.3, -0.25) is 0 Å². The summed E-state index contributed by atoms with van der Waals surface area (Å²) in [6.45, 7) is 4.00. The monoisotopic (exact) mass is 297 g/mol. The van der Waals surface area contributed by atoms with Gasteiger partial charge in [-0.15, -0.1) is 10.0 Å². The molecule has 114 valence electrons. The standard InChI is InChI=1S/C16H19N5O/c1-10-8-16(21(3)4)11(2)7-14(10)19-18-13-6-5-12(17)9-15(13)20-22/h5-9H,17H2,1-4H3. The largest absolute Gasteiger partial charge is 0.399 e. The van der Waals surface area contributed by atoms with Gasteiger partial charge in [0, 0.05) is 25.5 Å². The summed E-state index contributed by atoms with van der Waals surface area (Å²) in [4.78, 5) is 12.9. The van der Waals surface area contributed by atoms with Gasteiger partial charge in [-0.1, -0.05) is 0 Å². The van der Waals surface area contributed by atoms with E-state index >= 15 is 0 Å². The van der Waals surface area contributed by atoms with E-state index in [-0.39, 0.29) is 5.69 Å². The number of nitrogens with two attached hydrogens (primary N) is 1. The van der Waals surface area contributed by atoms with E-state index in [9.17, 15) is 4.91 Å². The van der Waals surface area contributed by atoms with Crippen LogP contribution in [-0.2, 0) is 0 Å². The van der Waals surface area contributed by atoms with Crippen LogP contribution in [0.4, 0.5) is 28.4 Å². The van der Waals surface area contributed by atoms with Crippen molar-refractivity contribution in [2.75, 3.05) is 24.7 Å². The lowest BCUT2D eigenvalue weighted by molar-refractivity contribution is 1.10. The second-order valence-electron chi connectivity index (χ2n) is 5.36. The molecule has 2 N–H and O–H groups in total. The second-order valence-corrected chi connectivity index (χ2v) is 5.36. The highest BCUT2D eigenvalue weighted by Gasteiger charge is 2.07. The zero-order valence-corrected chi connectivity index (χ0v) is 13.2. The van der Waals surface area contributed by atoms with Gasteiger partial charge in [-0.05, 0) is 60.5 Å². The molecule has 0 heterocycles. The molecule has 6 heteroatoms. The van der Waals surface area contributed by atoms with Crippen LogP contribution >= 0.6 is 0 Å². The Kier molecular flexibility index (Phi) is 4.50. The molecular formula is C16H19N5O. The molecule has 0 aliphatic rings. The molecule has 0 saturated carbocycles. The third-order valence-electron chi connectivity index (χ3n) is 3.36. The molecule has 22 heavy (non-hydrogen) atoms. The Balaban J connectivity index is 2.39. The van der Waals surface area contributed by atoms with Gasteiger partial charge < -0.3 is 10.6 Å². The highest BCUT2D eigenvalue weighted by Crippen LogP contribution is 2.33. The fourth-order valence-corrected chi connectivity index (χ4v) is 2.18. The smallest absolute Gasteiger partial charge is 0.137 e. The number of hydrogen-bond donors (Lipinski definition) is 1. The maximum atomic E-state index is 10.8. The van der Waals surface area contributed by atoms with Crippen molar-refractivity contribution in [3.63, 3.8) is 0 Å². The molecule has 2 aromatic carbocycles. The van der Waals surface area contributed by atoms with E-state index in [0.29, 0.717) is 11.4 Å². The summed E-state index contributed by atoms with van der Waals surface area (Å²) >= 11 is 0. The van der Waals surface area contributed by atoms with E-state index < -0.39 is 0 Å². The Labute approximate surface area is 129 Å². The number of aryl methyl sites for hydroxylation is 2. The van der Waals surface area contributed by atoms with E-state index in [0.717, 1.165) is 22.5 Å². The summed E-state index contributed by atoms with van der Waals surface area (Å²) in [6, 6.07) is 8.81. The molecule has 0 atom stereocenters. The van der Waals surface area contributed by atoms with Gasteiger partial charge >= 0.3 is 0 Å². The number of rotatable bonds is 4. The van der Waals surface area contributed by atoms with Crippen LogP contribution in [0.2, 0.25) is 0 Å². The fraction of sp³-hybridized carbons (Fsp3) is 0.250. The Morgan fingerprint density at radius 2 is 1.59 bits per heavy atom. The van der Waals surface area contributed by atoms with Crippen LogP contribution in [0.15, 0.2) is 45.7 Å². The van der Waals surface area contributed by atoms with Crippen molar-refractivity contribution in [3.05, 3.63) is 46.4 Å². The summed E-state index contributed by atoms with van der Waals surface area (Å²) in [5.74, 6) is 0. The predicted octanol–water partition coefficient (Wildman–Crippen LogP) is 4.76. The van der Waals surface area contributed by atoms with Crippen LogP contribution in [-0.4, -0.2) is 14.1 Å². The van der Waals surface area contributed by atoms with Crippen molar-refractivity contribution in [3.8, 4) is 0 Å². The van der Waals surface area contributed by atoms with E-state index in [1.807, 2.05) is 34.0 Å². The number of nitrogens with zero attached hydrogens (tertiary/aromatic N) is 4. The number of hydrogen-bond acceptors (Lipinski definition) is 6. The SMILES string of the molecule is Cc1cc(N(C)C)c(C)cc1N=Nc1ccc(N)cc1N=O. The quantitative estimate of drug-likeness (QED) is 0.501. The zero-order chi connectivity index (χ0) is 16.3. The lowest BCUT2D eigenvalue weighted by atomic mass is 10.1. The average molecular weight is 297 g/mol. The van der Waals surface area contributed by atoms with Crippen molar-refractivity contribution in [2.45, 2.75) is 13.8 Å². The lowest BCUT2D eigenvalue weighted by Crippen LogP contribution is -2.10. The van der Waals surface area contributed by atoms with E-state index in [2.05, 4.69) is 26.4 Å². The maximum absolute atomic E-state index is 10.8. The molecule has 2 aromatic rings. The molecule has 6 nitrogen and oxygen atoms in total. The topological polar surface area (TPSA) is 83.4 Å². The third-order valence-corrected chi connectivity index (χ3v) is 3.36. The first-order chi connectivity index (χ1) is 10.4. The summed E-state index contributed by atoms with van der Waals surface area (Å²) in [6.07, 6.45) is 0. The van der Waals surface area contributed by atoms with Crippen LogP contribution in [0.3, 0.4) is 0 Å². The van der Waals surface area contributed by atoms with E-state index in [4.69, 9.17) is 5.73 Å². The van der Waals surface area contributed by atoms with Crippen molar-refractivity contribution in [1.82, 2.24) is 0 Å². The first-order valence-electron chi connectivity index (χ1n) is 6.85. The van der Waals surface area contributed by atoms with Gasteiger partial charge in [0.1, 0.15) is 11.4 Å². The van der Waals surface area contributed by atoms with Gasteiger partial charge in [-0.2, -0.15) is 5.11 Å². The molecule has 0 amide bonds. The molecular weight excluding hydrogens is 278 g/mol. The van der Waals surface area contributed by atoms with Gasteiger partial charge in [-0.25, -0.2) is 0 Å². The lowest BCUT2D eigenvalue weighted by Gasteiger charge is -2.17. The molecule has 0 aromatic heterocycles. The van der Waals surface area contributed by atoms with Crippen molar-refractivity contribution >= 4 is 28.4 Å². The summed E-state index contributed by atoms with van der Waals surface area (Å²) in [5.41, 5.74) is 10.7. The summed E-state index contributed by atoms with van der Waals surface area (Å²) in [5, 5.41) is 11.3. The Morgan fingerprint density at radius 1 is 0.909 bits per heavy atom. The van der Waals surface area contributed by atoms with Gasteiger partial charge in [0.2, 0.25) is 0 Å². The van der Waals surface area contributed by atoms with Gasteiger partial charge in [0.15, 0.2) is 0 Å². The second kappa shape index (κ2) is 6.34. The number of anilines is 2. The highest BCUT2D eigenvalue weighted by atomic mass is 16.3. The maximum Gasteiger partial charge on any atom is 0.137 e. The predicted molar refractivity (Wildman–Crippen MR) is 90.7 cm³/mol. The Bertz CT molecular complexity index is 738. The molecule has 0 saturated heterocycles. The molecule has 0 aliphatic heterocycles. The molecule has 0 radical (unpaired) electrons. The van der Waals surface area contributed by atoms with Crippen molar-refractivity contribution in [1.29, 1.82) is 0 Å². The normalized spacial score (nSPS) is 10.9. The molecule has 2 rings (SSSR count). The minimum Gasteiger partial charge on any atom is -0.399 e. The van der Waals surface area contributed by atoms with Crippen LogP contribution in [0.5, 0.6) is 0 Å². The molecule has 0 bridgehead atoms. The van der Waals surface area contributed by atoms with Crippen LogP contribution < -0.4 is 10.6 Å². The first kappa shape index (κ1) is 15.6. The van der Waals surface area contributed by atoms with Crippen LogP contribution in [0.1, 0.15) is 11.1 Å². The molecule has 0 unspecified atom stereocenters. The number of azo groups is 1. The summed E-state index contributed by atoms with van der Waals surface area (Å²) < 4.78 is 0. The molecule has 0 fully saturated rings. The van der Waals surface area contributed by atoms with Crippen molar-refractivity contribution < 1.29 is 0 Å². The van der Waals surface area contributed by atoms with Gasteiger partial charge in [0.05, 0.1) is 5.69 Å². The van der Waals surface area contributed by atoms with Crippen LogP contribution in [0, 0.1) is 18.8 Å². The van der Waals surface area contributed by atoms with Crippen molar-refractivity contribution in [2.24, 2.45) is 15.4 Å². The minimum absolute atomic E-state index is 0.183. The highest BCUT2D eigenvalue weighted by molar-refractivity contribution is 5.67. The zero-order valence-electron chi connectivity index (χ0n) is 13.2. The number of benzene rings is 2. The minimum atomic E-state index is 0.183.